The maximum Gasteiger partial charge on any atom is 0.246 e. The summed E-state index contributed by atoms with van der Waals surface area (Å²) in [6.45, 7) is -0.231. The van der Waals surface area contributed by atoms with E-state index in [9.17, 15) is 10.2 Å². The number of hydrogen-bond acceptors (Lipinski definition) is 8. The van der Waals surface area contributed by atoms with Gasteiger partial charge in [0.05, 0.1) is 26.1 Å². The number of aliphatic hydroxyl groups excluding tert-OH is 2. The lowest BCUT2D eigenvalue weighted by molar-refractivity contribution is -0.0432. The number of hydrogen-bond donors (Lipinski definition) is 2. The molecule has 1 saturated heterocycles. The van der Waals surface area contributed by atoms with E-state index in [2.05, 4.69) is 15.0 Å². The number of ether oxygens (including phenoxy) is 2. The third-order valence-corrected chi connectivity index (χ3v) is 3.67. The second-order valence-electron chi connectivity index (χ2n) is 5.37. The van der Waals surface area contributed by atoms with E-state index in [1.807, 2.05) is 14.1 Å². The highest BCUT2D eigenvalue weighted by Crippen LogP contribution is 2.32. The van der Waals surface area contributed by atoms with Gasteiger partial charge in [0.15, 0.2) is 11.2 Å². The van der Waals surface area contributed by atoms with Crippen molar-refractivity contribution < 1.29 is 19.7 Å². The first-order valence-electron chi connectivity index (χ1n) is 6.95. The van der Waals surface area contributed by atoms with Crippen LogP contribution in [0.5, 0.6) is 5.88 Å². The molecule has 0 spiro atoms. The van der Waals surface area contributed by atoms with Gasteiger partial charge in [0.2, 0.25) is 11.8 Å². The lowest BCUT2D eigenvalue weighted by Gasteiger charge is -2.15. The fraction of sp³-hybridized carbons (Fsp3) is 0.615. The van der Waals surface area contributed by atoms with Crippen molar-refractivity contribution in [2.45, 2.75) is 24.9 Å². The van der Waals surface area contributed by atoms with Crippen LogP contribution in [0, 0.1) is 0 Å². The summed E-state index contributed by atoms with van der Waals surface area (Å²) in [7, 11) is 5.19. The normalized spacial score (nSPS) is 24.9. The van der Waals surface area contributed by atoms with Gasteiger partial charge >= 0.3 is 0 Å². The van der Waals surface area contributed by atoms with Gasteiger partial charge in [-0.25, -0.2) is 4.98 Å². The van der Waals surface area contributed by atoms with Crippen molar-refractivity contribution in [3.05, 3.63) is 6.33 Å². The number of rotatable bonds is 4. The lowest BCUT2D eigenvalue weighted by atomic mass is 10.2. The van der Waals surface area contributed by atoms with E-state index in [0.29, 0.717) is 29.4 Å². The maximum atomic E-state index is 9.89. The van der Waals surface area contributed by atoms with Gasteiger partial charge in [0.25, 0.3) is 0 Å². The summed E-state index contributed by atoms with van der Waals surface area (Å²) >= 11 is 0. The molecule has 3 atom stereocenters. The van der Waals surface area contributed by atoms with Gasteiger partial charge in [-0.15, -0.1) is 0 Å². The Balaban J connectivity index is 2.06. The van der Waals surface area contributed by atoms with Gasteiger partial charge in [-0.1, -0.05) is 0 Å². The summed E-state index contributed by atoms with van der Waals surface area (Å²) in [4.78, 5) is 14.8. The summed E-state index contributed by atoms with van der Waals surface area (Å²) in [5.41, 5.74) is 1.09. The molecule has 22 heavy (non-hydrogen) atoms. The van der Waals surface area contributed by atoms with Crippen LogP contribution in [0.25, 0.3) is 11.2 Å². The average Bonchev–Trinajstić information content (AvgIpc) is 3.08. The molecule has 0 radical (unpaired) electrons. The molecule has 120 valence electrons. The minimum absolute atomic E-state index is 0.231. The zero-order valence-corrected chi connectivity index (χ0v) is 12.7. The number of aromatic nitrogens is 4. The number of imidazole rings is 1. The molecule has 3 heterocycles. The van der Waals surface area contributed by atoms with Crippen molar-refractivity contribution in [1.82, 2.24) is 19.5 Å². The Morgan fingerprint density at radius 1 is 1.45 bits per heavy atom. The van der Waals surface area contributed by atoms with Gasteiger partial charge in [0, 0.05) is 20.5 Å². The highest BCUT2D eigenvalue weighted by molar-refractivity contribution is 5.78. The zero-order chi connectivity index (χ0) is 15.9. The zero-order valence-electron chi connectivity index (χ0n) is 12.7. The highest BCUT2D eigenvalue weighted by Gasteiger charge is 2.35. The highest BCUT2D eigenvalue weighted by atomic mass is 16.5. The van der Waals surface area contributed by atoms with Crippen LogP contribution < -0.4 is 9.64 Å². The number of fused-ring (bicyclic) bond motifs is 1. The van der Waals surface area contributed by atoms with Crippen LogP contribution in [0.3, 0.4) is 0 Å². The topological polar surface area (TPSA) is 106 Å². The first-order chi connectivity index (χ1) is 10.5. The quantitative estimate of drug-likeness (QED) is 0.781. The Hall–Kier alpha value is -1.97. The Bertz CT molecular complexity index is 674. The average molecular weight is 309 g/mol. The molecule has 1 aliphatic heterocycles. The first-order valence-corrected chi connectivity index (χ1v) is 6.95. The molecular weight excluding hydrogens is 290 g/mol. The lowest BCUT2D eigenvalue weighted by Crippen LogP contribution is -2.24. The molecule has 0 aliphatic carbocycles. The van der Waals surface area contributed by atoms with Crippen LogP contribution in [0.1, 0.15) is 12.6 Å². The minimum atomic E-state index is -0.718. The smallest absolute Gasteiger partial charge is 0.246 e. The molecule has 9 nitrogen and oxygen atoms in total. The van der Waals surface area contributed by atoms with E-state index in [1.165, 1.54) is 7.11 Å². The summed E-state index contributed by atoms with van der Waals surface area (Å²) in [5, 5.41) is 19.1. The van der Waals surface area contributed by atoms with Crippen LogP contribution in [0.15, 0.2) is 6.33 Å². The van der Waals surface area contributed by atoms with Crippen LogP contribution in [0.4, 0.5) is 5.95 Å². The third kappa shape index (κ3) is 2.36. The Kier molecular flexibility index (Phi) is 3.85. The number of nitrogens with zero attached hydrogens (tertiary/aromatic N) is 5. The Morgan fingerprint density at radius 2 is 2.23 bits per heavy atom. The SMILES string of the molecule is COc1nc(N(C)C)nc2c1ncn2[C@@H]1C[C@@H](O)[C@H](CO)O1. The van der Waals surface area contributed by atoms with Crippen molar-refractivity contribution in [1.29, 1.82) is 0 Å². The van der Waals surface area contributed by atoms with Gasteiger partial charge < -0.3 is 24.6 Å². The molecule has 2 aromatic heterocycles. The molecule has 0 bridgehead atoms. The van der Waals surface area contributed by atoms with E-state index < -0.39 is 18.4 Å². The summed E-state index contributed by atoms with van der Waals surface area (Å²) in [6.07, 6.45) is 0.189. The molecule has 3 rings (SSSR count). The van der Waals surface area contributed by atoms with E-state index in [0.717, 1.165) is 0 Å². The predicted octanol–water partition coefficient (Wildman–Crippen LogP) is -0.458. The van der Waals surface area contributed by atoms with Crippen molar-refractivity contribution in [3.8, 4) is 5.88 Å². The summed E-state index contributed by atoms with van der Waals surface area (Å²) in [6, 6.07) is 0. The van der Waals surface area contributed by atoms with E-state index in [-0.39, 0.29) is 6.61 Å². The third-order valence-electron chi connectivity index (χ3n) is 3.67. The Labute approximate surface area is 127 Å². The standard InChI is InChI=1S/C13H19N5O4/c1-17(2)13-15-11-10(12(16-13)21-3)14-6-18(11)9-4-7(20)8(5-19)22-9/h6-9,19-20H,4-5H2,1-3H3/t7-,8+,9+/m1/s1. The van der Waals surface area contributed by atoms with Crippen molar-refractivity contribution >= 4 is 17.1 Å². The largest absolute Gasteiger partial charge is 0.479 e. The molecule has 9 heteroatoms. The van der Waals surface area contributed by atoms with Crippen LogP contribution in [-0.2, 0) is 4.74 Å². The Morgan fingerprint density at radius 3 is 2.82 bits per heavy atom. The van der Waals surface area contributed by atoms with Crippen molar-refractivity contribution in [3.63, 3.8) is 0 Å². The first kappa shape index (κ1) is 14.9. The molecule has 0 amide bonds. The van der Waals surface area contributed by atoms with E-state index >= 15 is 0 Å². The molecule has 0 saturated carbocycles. The molecule has 2 N–H and O–H groups in total. The summed E-state index contributed by atoms with van der Waals surface area (Å²) in [5.74, 6) is 0.869. The minimum Gasteiger partial charge on any atom is -0.479 e. The number of methoxy groups -OCH3 is 1. The second kappa shape index (κ2) is 5.67. The fourth-order valence-corrected chi connectivity index (χ4v) is 2.48. The van der Waals surface area contributed by atoms with Crippen molar-refractivity contribution in [2.24, 2.45) is 0 Å². The molecule has 0 unspecified atom stereocenters. The monoisotopic (exact) mass is 309 g/mol. The van der Waals surface area contributed by atoms with Crippen molar-refractivity contribution in [2.75, 3.05) is 32.7 Å². The molecule has 0 aromatic carbocycles. The van der Waals surface area contributed by atoms with Gasteiger partial charge in [-0.2, -0.15) is 9.97 Å². The van der Waals surface area contributed by atoms with E-state index in [1.54, 1.807) is 15.8 Å². The molecule has 1 fully saturated rings. The predicted molar refractivity (Wildman–Crippen MR) is 77.8 cm³/mol. The number of aliphatic hydroxyl groups is 2. The molecule has 1 aliphatic rings. The van der Waals surface area contributed by atoms with Gasteiger partial charge in [-0.05, 0) is 0 Å². The second-order valence-corrected chi connectivity index (χ2v) is 5.37. The van der Waals surface area contributed by atoms with Gasteiger partial charge in [0.1, 0.15) is 12.3 Å². The van der Waals surface area contributed by atoms with Crippen LogP contribution in [-0.4, -0.2) is 69.8 Å². The maximum absolute atomic E-state index is 9.89. The van der Waals surface area contributed by atoms with E-state index in [4.69, 9.17) is 9.47 Å². The fourth-order valence-electron chi connectivity index (χ4n) is 2.48. The van der Waals surface area contributed by atoms with Crippen LogP contribution in [0.2, 0.25) is 0 Å². The summed E-state index contributed by atoms with van der Waals surface area (Å²) < 4.78 is 12.7. The van der Waals surface area contributed by atoms with Gasteiger partial charge in [-0.3, -0.25) is 4.57 Å². The number of anilines is 1. The van der Waals surface area contributed by atoms with Crippen LogP contribution >= 0.6 is 0 Å². The molecular formula is C13H19N5O4. The molecule has 2 aromatic rings.